The third-order valence-corrected chi connectivity index (χ3v) is 3.34. The van der Waals surface area contributed by atoms with Crippen LogP contribution in [-0.2, 0) is 10.9 Å². The summed E-state index contributed by atoms with van der Waals surface area (Å²) in [5, 5.41) is 12.0. The van der Waals surface area contributed by atoms with E-state index in [1.54, 1.807) is 0 Å². The molecule has 1 aliphatic rings. The third kappa shape index (κ3) is 3.85. The van der Waals surface area contributed by atoms with Crippen molar-refractivity contribution in [1.82, 2.24) is 4.98 Å². The topological polar surface area (TPSA) is 57.9 Å². The number of alkyl halides is 3. The Morgan fingerprint density at radius 2 is 2.14 bits per heavy atom. The van der Waals surface area contributed by atoms with Crippen molar-refractivity contribution in [2.75, 3.05) is 11.9 Å². The van der Waals surface area contributed by atoms with Gasteiger partial charge in [-0.15, -0.1) is 0 Å². The Morgan fingerprint density at radius 1 is 1.43 bits per heavy atom. The first-order chi connectivity index (χ1) is 9.71. The Kier molecular flexibility index (Phi) is 4.10. The molecule has 0 aromatic carbocycles. The van der Waals surface area contributed by atoms with Gasteiger partial charge in [-0.1, -0.05) is 0 Å². The molecule has 0 bridgehead atoms. The molecule has 114 valence electrons. The molecule has 1 atom stereocenters. The van der Waals surface area contributed by atoms with E-state index >= 15 is 0 Å². The van der Waals surface area contributed by atoms with Gasteiger partial charge in [-0.2, -0.15) is 18.4 Å². The summed E-state index contributed by atoms with van der Waals surface area (Å²) in [6.45, 7) is 4.36. The van der Waals surface area contributed by atoms with Crippen LogP contribution in [0.3, 0.4) is 0 Å². The summed E-state index contributed by atoms with van der Waals surface area (Å²) in [5.74, 6) is -0.0185. The number of rotatable bonds is 2. The standard InChI is InChI=1S/C14H16F3N3O/c1-13(2)7-10(5-6-21-13)19-12-9(8-18)3-4-11(20-12)14(15,16)17/h3-4,10H,5-7H2,1-2H3,(H,19,20). The van der Waals surface area contributed by atoms with Crippen LogP contribution in [0, 0.1) is 11.3 Å². The zero-order valence-corrected chi connectivity index (χ0v) is 11.8. The molecule has 1 saturated heterocycles. The fraction of sp³-hybridized carbons (Fsp3) is 0.571. The highest BCUT2D eigenvalue weighted by atomic mass is 19.4. The van der Waals surface area contributed by atoms with Gasteiger partial charge in [-0.25, -0.2) is 4.98 Å². The van der Waals surface area contributed by atoms with Gasteiger partial charge in [0.2, 0.25) is 0 Å². The highest BCUT2D eigenvalue weighted by Crippen LogP contribution is 2.31. The minimum Gasteiger partial charge on any atom is -0.375 e. The summed E-state index contributed by atoms with van der Waals surface area (Å²) in [4.78, 5) is 3.56. The molecule has 0 spiro atoms. The van der Waals surface area contributed by atoms with E-state index in [1.165, 1.54) is 0 Å². The van der Waals surface area contributed by atoms with Crippen molar-refractivity contribution in [2.24, 2.45) is 0 Å². The van der Waals surface area contributed by atoms with Gasteiger partial charge in [0.15, 0.2) is 0 Å². The van der Waals surface area contributed by atoms with Gasteiger partial charge >= 0.3 is 6.18 Å². The third-order valence-electron chi connectivity index (χ3n) is 3.34. The number of ether oxygens (including phenoxy) is 1. The lowest BCUT2D eigenvalue weighted by Gasteiger charge is -2.36. The molecule has 1 aliphatic heterocycles. The van der Waals surface area contributed by atoms with Gasteiger partial charge in [0.05, 0.1) is 11.2 Å². The second-order valence-corrected chi connectivity index (χ2v) is 5.64. The van der Waals surface area contributed by atoms with Crippen LogP contribution >= 0.6 is 0 Å². The Bertz CT molecular complexity index is 564. The van der Waals surface area contributed by atoms with Crippen molar-refractivity contribution in [3.05, 3.63) is 23.4 Å². The predicted molar refractivity (Wildman–Crippen MR) is 70.6 cm³/mol. The monoisotopic (exact) mass is 299 g/mol. The van der Waals surface area contributed by atoms with Crippen LogP contribution in [0.25, 0.3) is 0 Å². The lowest BCUT2D eigenvalue weighted by molar-refractivity contribution is -0.141. The Labute approximate surface area is 120 Å². The maximum atomic E-state index is 12.7. The van der Waals surface area contributed by atoms with E-state index in [0.29, 0.717) is 19.4 Å². The van der Waals surface area contributed by atoms with Crippen LogP contribution < -0.4 is 5.32 Å². The van der Waals surface area contributed by atoms with Crippen LogP contribution in [-0.4, -0.2) is 23.2 Å². The molecule has 7 heteroatoms. The molecule has 0 saturated carbocycles. The second-order valence-electron chi connectivity index (χ2n) is 5.64. The molecule has 4 nitrogen and oxygen atoms in total. The number of hydrogen-bond acceptors (Lipinski definition) is 4. The van der Waals surface area contributed by atoms with E-state index in [1.807, 2.05) is 19.9 Å². The average Bonchev–Trinajstić information content (AvgIpc) is 2.36. The predicted octanol–water partition coefficient (Wildman–Crippen LogP) is 3.34. The van der Waals surface area contributed by atoms with Crippen LogP contribution in [0.15, 0.2) is 12.1 Å². The van der Waals surface area contributed by atoms with Crippen molar-refractivity contribution in [3.8, 4) is 6.07 Å². The second kappa shape index (κ2) is 5.53. The first kappa shape index (κ1) is 15.6. The molecule has 1 unspecified atom stereocenters. The van der Waals surface area contributed by atoms with Crippen molar-refractivity contribution in [2.45, 2.75) is 44.5 Å². The number of anilines is 1. The number of pyridine rings is 1. The number of nitriles is 1. The van der Waals surface area contributed by atoms with Crippen LogP contribution in [0.2, 0.25) is 0 Å². The first-order valence-electron chi connectivity index (χ1n) is 6.60. The van der Waals surface area contributed by atoms with E-state index in [0.717, 1.165) is 12.1 Å². The highest BCUT2D eigenvalue weighted by Gasteiger charge is 2.34. The number of hydrogen-bond donors (Lipinski definition) is 1. The maximum absolute atomic E-state index is 12.7. The molecule has 2 rings (SSSR count). The smallest absolute Gasteiger partial charge is 0.375 e. The summed E-state index contributed by atoms with van der Waals surface area (Å²) in [7, 11) is 0. The molecule has 21 heavy (non-hydrogen) atoms. The number of nitrogens with zero attached hydrogens (tertiary/aromatic N) is 2. The molecule has 1 aromatic rings. The molecule has 0 amide bonds. The number of nitrogens with one attached hydrogen (secondary N) is 1. The van der Waals surface area contributed by atoms with Crippen LogP contribution in [0.1, 0.15) is 37.9 Å². The lowest BCUT2D eigenvalue weighted by atomic mass is 9.94. The minimum absolute atomic E-state index is 0.0185. The Balaban J connectivity index is 2.24. The fourth-order valence-corrected chi connectivity index (χ4v) is 2.37. The van der Waals surface area contributed by atoms with E-state index in [4.69, 9.17) is 10.00 Å². The SMILES string of the molecule is CC1(C)CC(Nc2nc(C(F)(F)F)ccc2C#N)CCO1. The van der Waals surface area contributed by atoms with E-state index < -0.39 is 11.9 Å². The van der Waals surface area contributed by atoms with E-state index in [-0.39, 0.29) is 23.0 Å². The van der Waals surface area contributed by atoms with Gasteiger partial charge in [0.1, 0.15) is 17.6 Å². The van der Waals surface area contributed by atoms with Crippen molar-refractivity contribution in [3.63, 3.8) is 0 Å². The van der Waals surface area contributed by atoms with E-state index in [2.05, 4.69) is 10.3 Å². The molecule has 1 N–H and O–H groups in total. The molecular formula is C14H16F3N3O. The summed E-state index contributed by atoms with van der Waals surface area (Å²) in [6, 6.07) is 3.75. The average molecular weight is 299 g/mol. The van der Waals surface area contributed by atoms with Gasteiger partial charge in [0.25, 0.3) is 0 Å². The highest BCUT2D eigenvalue weighted by molar-refractivity contribution is 5.53. The molecule has 1 aromatic heterocycles. The van der Waals surface area contributed by atoms with Crippen molar-refractivity contribution < 1.29 is 17.9 Å². The summed E-state index contributed by atoms with van der Waals surface area (Å²) in [6.07, 6.45) is -3.23. The molecule has 0 aliphatic carbocycles. The maximum Gasteiger partial charge on any atom is 0.433 e. The normalized spacial score (nSPS) is 21.6. The molecule has 2 heterocycles. The fourth-order valence-electron chi connectivity index (χ4n) is 2.37. The Morgan fingerprint density at radius 3 is 2.71 bits per heavy atom. The van der Waals surface area contributed by atoms with Gasteiger partial charge in [0, 0.05) is 12.6 Å². The van der Waals surface area contributed by atoms with Gasteiger partial charge < -0.3 is 10.1 Å². The van der Waals surface area contributed by atoms with Gasteiger partial charge in [-0.05, 0) is 38.8 Å². The summed E-state index contributed by atoms with van der Waals surface area (Å²) in [5.41, 5.74) is -1.24. The zero-order chi connectivity index (χ0) is 15.7. The largest absolute Gasteiger partial charge is 0.433 e. The zero-order valence-electron chi connectivity index (χ0n) is 11.8. The van der Waals surface area contributed by atoms with Crippen molar-refractivity contribution in [1.29, 1.82) is 5.26 Å². The quantitative estimate of drug-likeness (QED) is 0.910. The van der Waals surface area contributed by atoms with Crippen molar-refractivity contribution >= 4 is 5.82 Å². The van der Waals surface area contributed by atoms with Crippen LogP contribution in [0.4, 0.5) is 19.0 Å². The molecule has 1 fully saturated rings. The number of aromatic nitrogens is 1. The summed E-state index contributed by atoms with van der Waals surface area (Å²) < 4.78 is 43.7. The van der Waals surface area contributed by atoms with E-state index in [9.17, 15) is 13.2 Å². The number of halogens is 3. The van der Waals surface area contributed by atoms with Gasteiger partial charge in [-0.3, -0.25) is 0 Å². The minimum atomic E-state index is -4.53. The lowest BCUT2D eigenvalue weighted by Crippen LogP contribution is -2.40. The molecular weight excluding hydrogens is 283 g/mol. The van der Waals surface area contributed by atoms with Crippen LogP contribution in [0.5, 0.6) is 0 Å². The first-order valence-corrected chi connectivity index (χ1v) is 6.60. The Hall–Kier alpha value is -1.81. The summed E-state index contributed by atoms with van der Waals surface area (Å²) >= 11 is 0. The molecule has 0 radical (unpaired) electrons.